The van der Waals surface area contributed by atoms with Crippen molar-refractivity contribution in [3.05, 3.63) is 76.3 Å². The van der Waals surface area contributed by atoms with E-state index in [1.165, 1.54) is 0 Å². The molecule has 2 aromatic heterocycles. The molecule has 0 bridgehead atoms. The Morgan fingerprint density at radius 1 is 1.21 bits per heavy atom. The van der Waals surface area contributed by atoms with E-state index in [1.807, 2.05) is 43.3 Å². The first kappa shape index (κ1) is 16.4. The summed E-state index contributed by atoms with van der Waals surface area (Å²) in [6.45, 7) is 2.41. The van der Waals surface area contributed by atoms with Gasteiger partial charge >= 0.3 is 0 Å². The van der Waals surface area contributed by atoms with Crippen molar-refractivity contribution in [2.24, 2.45) is 0 Å². The number of pyridine rings is 1. The summed E-state index contributed by atoms with van der Waals surface area (Å²) in [6.07, 6.45) is 5.11. The van der Waals surface area contributed by atoms with E-state index in [4.69, 9.17) is 0 Å². The van der Waals surface area contributed by atoms with Gasteiger partial charge in [-0.25, -0.2) is 4.68 Å². The Morgan fingerprint density at radius 3 is 2.62 bits per heavy atom. The van der Waals surface area contributed by atoms with E-state index in [0.717, 1.165) is 21.4 Å². The molecule has 0 unspecified atom stereocenters. The second-order valence-corrected chi connectivity index (χ2v) is 6.47. The average molecular weight is 385 g/mol. The summed E-state index contributed by atoms with van der Waals surface area (Å²) in [5.74, 6) is -0.0558. The fourth-order valence-corrected chi connectivity index (χ4v) is 2.77. The van der Waals surface area contributed by atoms with Crippen LogP contribution in [0.3, 0.4) is 0 Å². The first-order valence-corrected chi connectivity index (χ1v) is 8.30. The molecule has 1 amide bonds. The van der Waals surface area contributed by atoms with E-state index in [2.05, 4.69) is 26.0 Å². The van der Waals surface area contributed by atoms with Crippen molar-refractivity contribution in [3.63, 3.8) is 0 Å². The van der Waals surface area contributed by atoms with E-state index < -0.39 is 0 Å². The largest absolute Gasteiger partial charge is 0.337 e. The van der Waals surface area contributed by atoms with Gasteiger partial charge in [-0.05, 0) is 42.8 Å². The molecule has 1 aromatic carbocycles. The lowest BCUT2D eigenvalue weighted by Gasteiger charge is -2.17. The molecule has 0 atom stereocenters. The molecule has 0 saturated carbocycles. The fourth-order valence-electron chi connectivity index (χ4n) is 2.51. The van der Waals surface area contributed by atoms with Crippen LogP contribution >= 0.6 is 15.9 Å². The molecular formula is C18H17BrN4O. The zero-order valence-electron chi connectivity index (χ0n) is 13.5. The van der Waals surface area contributed by atoms with Gasteiger partial charge in [-0.3, -0.25) is 9.78 Å². The van der Waals surface area contributed by atoms with Crippen LogP contribution in [-0.4, -0.2) is 32.6 Å². The molecule has 122 valence electrons. The van der Waals surface area contributed by atoms with Gasteiger partial charge in [0, 0.05) is 30.5 Å². The highest BCUT2D eigenvalue weighted by Crippen LogP contribution is 2.18. The molecule has 0 aliphatic heterocycles. The van der Waals surface area contributed by atoms with Gasteiger partial charge in [0.15, 0.2) is 0 Å². The Morgan fingerprint density at radius 2 is 1.96 bits per heavy atom. The number of benzene rings is 1. The predicted octanol–water partition coefficient (Wildman–Crippen LogP) is 3.61. The van der Waals surface area contributed by atoms with Crippen LogP contribution in [0.2, 0.25) is 0 Å². The lowest BCUT2D eigenvalue weighted by molar-refractivity contribution is 0.0784. The molecule has 0 radical (unpaired) electrons. The highest BCUT2D eigenvalue weighted by Gasteiger charge is 2.18. The first-order chi connectivity index (χ1) is 11.6. The summed E-state index contributed by atoms with van der Waals surface area (Å²) in [7, 11) is 1.78. The minimum Gasteiger partial charge on any atom is -0.337 e. The van der Waals surface area contributed by atoms with Crippen molar-refractivity contribution in [2.45, 2.75) is 13.5 Å². The van der Waals surface area contributed by atoms with Crippen LogP contribution in [0, 0.1) is 6.92 Å². The number of amides is 1. The van der Waals surface area contributed by atoms with Gasteiger partial charge in [-0.2, -0.15) is 5.10 Å². The van der Waals surface area contributed by atoms with Gasteiger partial charge < -0.3 is 4.90 Å². The molecule has 3 aromatic rings. The number of halogens is 1. The third kappa shape index (κ3) is 3.38. The number of carbonyl (C=O) groups is 1. The van der Waals surface area contributed by atoms with Gasteiger partial charge in [-0.1, -0.05) is 22.0 Å². The summed E-state index contributed by atoms with van der Waals surface area (Å²) < 4.78 is 2.78. The summed E-state index contributed by atoms with van der Waals surface area (Å²) in [6, 6.07) is 11.6. The Labute approximate surface area is 149 Å². The lowest BCUT2D eigenvalue weighted by atomic mass is 10.2. The molecule has 24 heavy (non-hydrogen) atoms. The van der Waals surface area contributed by atoms with Crippen LogP contribution in [0.1, 0.15) is 21.6 Å². The van der Waals surface area contributed by atoms with Crippen molar-refractivity contribution in [3.8, 4) is 5.69 Å². The summed E-state index contributed by atoms with van der Waals surface area (Å²) in [4.78, 5) is 18.5. The molecule has 0 aliphatic carbocycles. The van der Waals surface area contributed by atoms with E-state index in [-0.39, 0.29) is 5.91 Å². The van der Waals surface area contributed by atoms with E-state index >= 15 is 0 Å². The number of hydrogen-bond donors (Lipinski definition) is 0. The Bertz CT molecular complexity index is 843. The molecule has 0 aliphatic rings. The summed E-state index contributed by atoms with van der Waals surface area (Å²) in [5, 5.41) is 4.37. The van der Waals surface area contributed by atoms with Crippen molar-refractivity contribution in [2.75, 3.05) is 7.05 Å². The second-order valence-electron chi connectivity index (χ2n) is 5.55. The number of nitrogens with zero attached hydrogens (tertiary/aromatic N) is 4. The summed E-state index contributed by atoms with van der Waals surface area (Å²) in [5.41, 5.74) is 3.33. The maximum atomic E-state index is 12.7. The number of carbonyl (C=O) groups excluding carboxylic acids is 1. The SMILES string of the molecule is Cc1c(C(=O)N(C)Cc2cccnc2)cnn1-c1ccc(Br)cc1. The topological polar surface area (TPSA) is 51.0 Å². The van der Waals surface area contributed by atoms with Crippen LogP contribution < -0.4 is 0 Å². The molecule has 6 heteroatoms. The van der Waals surface area contributed by atoms with Gasteiger partial charge in [0.05, 0.1) is 23.1 Å². The minimum atomic E-state index is -0.0558. The highest BCUT2D eigenvalue weighted by molar-refractivity contribution is 9.10. The van der Waals surface area contributed by atoms with Crippen LogP contribution in [0.15, 0.2) is 59.5 Å². The van der Waals surface area contributed by atoms with Gasteiger partial charge in [0.2, 0.25) is 0 Å². The van der Waals surface area contributed by atoms with Crippen molar-refractivity contribution in [1.29, 1.82) is 0 Å². The normalized spacial score (nSPS) is 10.6. The standard InChI is InChI=1S/C18H17BrN4O/c1-13-17(11-21-23(13)16-7-5-15(19)6-8-16)18(24)22(2)12-14-4-3-9-20-10-14/h3-11H,12H2,1-2H3. The Balaban J connectivity index is 1.82. The highest BCUT2D eigenvalue weighted by atomic mass is 79.9. The van der Waals surface area contributed by atoms with Crippen LogP contribution in [-0.2, 0) is 6.54 Å². The number of aromatic nitrogens is 3. The van der Waals surface area contributed by atoms with Gasteiger partial charge in [-0.15, -0.1) is 0 Å². The van der Waals surface area contributed by atoms with Crippen molar-refractivity contribution < 1.29 is 4.79 Å². The quantitative estimate of drug-likeness (QED) is 0.690. The molecule has 0 fully saturated rings. The summed E-state index contributed by atoms with van der Waals surface area (Å²) >= 11 is 3.42. The Kier molecular flexibility index (Phi) is 4.76. The van der Waals surface area contributed by atoms with E-state index in [9.17, 15) is 4.79 Å². The zero-order valence-corrected chi connectivity index (χ0v) is 15.1. The van der Waals surface area contributed by atoms with Gasteiger partial charge in [0.1, 0.15) is 0 Å². The lowest BCUT2D eigenvalue weighted by Crippen LogP contribution is -2.26. The molecule has 0 saturated heterocycles. The Hall–Kier alpha value is -2.47. The average Bonchev–Trinajstić information content (AvgIpc) is 2.97. The molecular weight excluding hydrogens is 368 g/mol. The third-order valence-corrected chi connectivity index (χ3v) is 4.33. The maximum absolute atomic E-state index is 12.7. The molecule has 2 heterocycles. The molecule has 3 rings (SSSR count). The first-order valence-electron chi connectivity index (χ1n) is 7.51. The van der Waals surface area contributed by atoms with Crippen LogP contribution in [0.5, 0.6) is 0 Å². The number of rotatable bonds is 4. The molecule has 5 nitrogen and oxygen atoms in total. The number of hydrogen-bond acceptors (Lipinski definition) is 3. The molecule has 0 N–H and O–H groups in total. The van der Waals surface area contributed by atoms with Gasteiger partial charge in [0.25, 0.3) is 5.91 Å². The zero-order chi connectivity index (χ0) is 17.1. The maximum Gasteiger partial charge on any atom is 0.257 e. The second kappa shape index (κ2) is 6.97. The van der Waals surface area contributed by atoms with Crippen LogP contribution in [0.4, 0.5) is 0 Å². The minimum absolute atomic E-state index is 0.0558. The monoisotopic (exact) mass is 384 g/mol. The fraction of sp³-hybridized carbons (Fsp3) is 0.167. The van der Waals surface area contributed by atoms with Crippen molar-refractivity contribution >= 4 is 21.8 Å². The van der Waals surface area contributed by atoms with Crippen LogP contribution in [0.25, 0.3) is 5.69 Å². The molecule has 0 spiro atoms. The predicted molar refractivity (Wildman–Crippen MR) is 96.0 cm³/mol. The van der Waals surface area contributed by atoms with E-state index in [1.54, 1.807) is 35.2 Å². The van der Waals surface area contributed by atoms with Crippen molar-refractivity contribution in [1.82, 2.24) is 19.7 Å². The van der Waals surface area contributed by atoms with E-state index in [0.29, 0.717) is 12.1 Å². The third-order valence-electron chi connectivity index (χ3n) is 3.80. The smallest absolute Gasteiger partial charge is 0.257 e.